The zero-order valence-electron chi connectivity index (χ0n) is 21.5. The van der Waals surface area contributed by atoms with Crippen molar-refractivity contribution in [2.75, 3.05) is 36.4 Å². The van der Waals surface area contributed by atoms with Gasteiger partial charge < -0.3 is 20.6 Å². The third-order valence-corrected chi connectivity index (χ3v) is 7.25. The molecule has 1 fully saturated rings. The van der Waals surface area contributed by atoms with Gasteiger partial charge in [-0.3, -0.25) is 4.79 Å². The molecule has 0 spiro atoms. The zero-order valence-corrected chi connectivity index (χ0v) is 21.5. The van der Waals surface area contributed by atoms with E-state index < -0.39 is 5.60 Å². The number of nitrogens with one attached hydrogen (secondary N) is 2. The van der Waals surface area contributed by atoms with Crippen molar-refractivity contribution < 1.29 is 5.11 Å². The first-order chi connectivity index (χ1) is 18.5. The number of hydrogen-bond acceptors (Lipinski definition) is 8. The molecule has 1 aromatic carbocycles. The number of allylic oxidation sites excluding steroid dienone is 2. The largest absolute Gasteiger partial charge is 0.384 e. The summed E-state index contributed by atoms with van der Waals surface area (Å²) in [5, 5.41) is 18.2. The Morgan fingerprint density at radius 1 is 1.05 bits per heavy atom. The standard InChI is InChI=1S/C28H32N8O2/c1-28(38)13-3-2-4-17-35-26(37)22-19-30-27(33-25(22)36(35)24-8-5-7-23(28)32-24)31-20-9-11-21(12-10-20)34-16-6-14-29-15-18-34/h2,4-5,7-12,19,29,38H,3,6,13-18H2,1H3,(H,30,31,33)/b4-2-. The molecule has 10 heteroatoms. The minimum absolute atomic E-state index is 0.189. The topological polar surface area (TPSA) is 113 Å². The molecule has 2 aliphatic heterocycles. The number of nitrogens with zero attached hydrogens (tertiary/aromatic N) is 6. The molecule has 10 nitrogen and oxygen atoms in total. The summed E-state index contributed by atoms with van der Waals surface area (Å²) in [5.41, 5.74) is 1.78. The van der Waals surface area contributed by atoms with Gasteiger partial charge in [-0.2, -0.15) is 4.98 Å². The molecule has 0 radical (unpaired) electrons. The molecule has 1 saturated heterocycles. The van der Waals surface area contributed by atoms with Gasteiger partial charge in [0.15, 0.2) is 11.5 Å². The SMILES string of the molecule is CC1(O)CC/C=C\Cn2c(=O)c3cnc(Nc4ccc(N5CCCNCC5)cc4)nc3n2-c2cccc1n2. The van der Waals surface area contributed by atoms with Crippen molar-refractivity contribution in [1.29, 1.82) is 0 Å². The highest BCUT2D eigenvalue weighted by atomic mass is 16.3. The van der Waals surface area contributed by atoms with E-state index in [1.165, 1.54) is 5.69 Å². The summed E-state index contributed by atoms with van der Waals surface area (Å²) in [4.78, 5) is 29.7. The normalized spacial score (nSPS) is 20.8. The van der Waals surface area contributed by atoms with E-state index in [-0.39, 0.29) is 5.56 Å². The highest BCUT2D eigenvalue weighted by Gasteiger charge is 2.26. The lowest BCUT2D eigenvalue weighted by Crippen LogP contribution is -2.27. The summed E-state index contributed by atoms with van der Waals surface area (Å²) in [6.07, 6.45) is 7.83. The first-order valence-corrected chi connectivity index (χ1v) is 13.2. The van der Waals surface area contributed by atoms with E-state index in [9.17, 15) is 9.90 Å². The Kier molecular flexibility index (Phi) is 6.42. The summed E-state index contributed by atoms with van der Waals surface area (Å²) < 4.78 is 3.33. The molecule has 4 aromatic rings. The Hall–Kier alpha value is -4.02. The lowest BCUT2D eigenvalue weighted by Gasteiger charge is -2.22. The van der Waals surface area contributed by atoms with Gasteiger partial charge in [-0.05, 0) is 69.1 Å². The predicted molar refractivity (Wildman–Crippen MR) is 148 cm³/mol. The maximum atomic E-state index is 13.3. The number of pyridine rings is 1. The number of benzene rings is 1. The van der Waals surface area contributed by atoms with E-state index in [1.54, 1.807) is 22.5 Å². The molecule has 0 saturated carbocycles. The van der Waals surface area contributed by atoms with Gasteiger partial charge in [-0.15, -0.1) is 0 Å². The Morgan fingerprint density at radius 2 is 1.92 bits per heavy atom. The minimum Gasteiger partial charge on any atom is -0.384 e. The highest BCUT2D eigenvalue weighted by molar-refractivity contribution is 5.77. The van der Waals surface area contributed by atoms with E-state index >= 15 is 0 Å². The van der Waals surface area contributed by atoms with Crippen LogP contribution in [0.2, 0.25) is 0 Å². The van der Waals surface area contributed by atoms with Gasteiger partial charge >= 0.3 is 0 Å². The first kappa shape index (κ1) is 24.3. The molecular weight excluding hydrogens is 480 g/mol. The van der Waals surface area contributed by atoms with Gasteiger partial charge in [0.05, 0.1) is 12.2 Å². The van der Waals surface area contributed by atoms with Crippen LogP contribution in [0.25, 0.3) is 16.9 Å². The summed E-state index contributed by atoms with van der Waals surface area (Å²) in [6, 6.07) is 13.7. The van der Waals surface area contributed by atoms with Crippen molar-refractivity contribution in [2.45, 2.75) is 38.3 Å². The summed E-state index contributed by atoms with van der Waals surface area (Å²) >= 11 is 0. The van der Waals surface area contributed by atoms with Crippen LogP contribution in [-0.4, -0.2) is 55.6 Å². The van der Waals surface area contributed by atoms with Crippen molar-refractivity contribution in [3.8, 4) is 5.82 Å². The van der Waals surface area contributed by atoms with Crippen LogP contribution >= 0.6 is 0 Å². The van der Waals surface area contributed by atoms with Crippen molar-refractivity contribution in [2.24, 2.45) is 0 Å². The van der Waals surface area contributed by atoms with Gasteiger partial charge in [-0.1, -0.05) is 18.2 Å². The maximum absolute atomic E-state index is 13.3. The van der Waals surface area contributed by atoms with E-state index in [1.807, 2.05) is 42.5 Å². The van der Waals surface area contributed by atoms with Crippen LogP contribution < -0.4 is 21.1 Å². The van der Waals surface area contributed by atoms with E-state index in [0.29, 0.717) is 47.9 Å². The molecule has 6 rings (SSSR count). The number of rotatable bonds is 3. The molecular formula is C28H32N8O2. The Morgan fingerprint density at radius 3 is 2.79 bits per heavy atom. The molecule has 0 aliphatic carbocycles. The van der Waals surface area contributed by atoms with Crippen molar-refractivity contribution in [1.82, 2.24) is 29.6 Å². The molecule has 5 heterocycles. The van der Waals surface area contributed by atoms with Crippen LogP contribution in [0.4, 0.5) is 17.3 Å². The Bertz CT molecular complexity index is 1530. The van der Waals surface area contributed by atoms with Crippen LogP contribution in [-0.2, 0) is 12.1 Å². The average Bonchev–Trinajstić information content (AvgIpc) is 3.08. The third kappa shape index (κ3) is 4.68. The second-order valence-electron chi connectivity index (χ2n) is 10.1. The van der Waals surface area contributed by atoms with Gasteiger partial charge in [0, 0.05) is 37.2 Å². The van der Waals surface area contributed by atoms with Crippen LogP contribution in [0.1, 0.15) is 31.9 Å². The van der Waals surface area contributed by atoms with Crippen LogP contribution in [0.3, 0.4) is 0 Å². The number of aliphatic hydroxyl groups is 1. The fourth-order valence-corrected chi connectivity index (χ4v) is 5.10. The molecule has 38 heavy (non-hydrogen) atoms. The van der Waals surface area contributed by atoms with Crippen LogP contribution in [0.15, 0.2) is 65.6 Å². The summed E-state index contributed by atoms with van der Waals surface area (Å²) in [6.45, 7) is 6.19. The summed E-state index contributed by atoms with van der Waals surface area (Å²) in [5.74, 6) is 0.907. The number of fused-ring (bicyclic) bond motifs is 6. The van der Waals surface area contributed by atoms with Crippen molar-refractivity contribution in [3.05, 3.63) is 76.9 Å². The number of aromatic nitrogens is 5. The van der Waals surface area contributed by atoms with Gasteiger partial charge in [0.1, 0.15) is 11.0 Å². The number of hydrogen-bond donors (Lipinski definition) is 3. The van der Waals surface area contributed by atoms with Gasteiger partial charge in [0.25, 0.3) is 5.56 Å². The molecule has 196 valence electrons. The van der Waals surface area contributed by atoms with Crippen molar-refractivity contribution >= 4 is 28.4 Å². The molecule has 2 bridgehead atoms. The molecule has 0 amide bonds. The summed E-state index contributed by atoms with van der Waals surface area (Å²) in [7, 11) is 0. The quantitative estimate of drug-likeness (QED) is 0.359. The second-order valence-corrected chi connectivity index (χ2v) is 10.1. The average molecular weight is 513 g/mol. The molecule has 1 unspecified atom stereocenters. The first-order valence-electron chi connectivity index (χ1n) is 13.2. The van der Waals surface area contributed by atoms with E-state index in [4.69, 9.17) is 9.97 Å². The van der Waals surface area contributed by atoms with E-state index in [0.717, 1.165) is 38.3 Å². The maximum Gasteiger partial charge on any atom is 0.278 e. The van der Waals surface area contributed by atoms with Crippen LogP contribution in [0.5, 0.6) is 0 Å². The Balaban J connectivity index is 1.37. The van der Waals surface area contributed by atoms with Gasteiger partial charge in [-0.25, -0.2) is 19.3 Å². The lowest BCUT2D eigenvalue weighted by molar-refractivity contribution is 0.0443. The number of anilines is 3. The smallest absolute Gasteiger partial charge is 0.278 e. The zero-order chi connectivity index (χ0) is 26.1. The van der Waals surface area contributed by atoms with Gasteiger partial charge in [0.2, 0.25) is 5.95 Å². The second kappa shape index (κ2) is 10.0. The molecule has 3 aromatic heterocycles. The molecule has 2 aliphatic rings. The molecule has 3 N–H and O–H groups in total. The van der Waals surface area contributed by atoms with Crippen LogP contribution in [0, 0.1) is 0 Å². The molecule has 1 atom stereocenters. The third-order valence-electron chi connectivity index (χ3n) is 7.25. The monoisotopic (exact) mass is 512 g/mol. The minimum atomic E-state index is -1.09. The predicted octanol–water partition coefficient (Wildman–Crippen LogP) is 3.08. The van der Waals surface area contributed by atoms with E-state index in [2.05, 4.69) is 32.7 Å². The Labute approximate surface area is 220 Å². The fraction of sp³-hybridized carbons (Fsp3) is 0.357. The van der Waals surface area contributed by atoms with Crippen molar-refractivity contribution in [3.63, 3.8) is 0 Å². The fourth-order valence-electron chi connectivity index (χ4n) is 5.10. The highest BCUT2D eigenvalue weighted by Crippen LogP contribution is 2.27. The lowest BCUT2D eigenvalue weighted by atomic mass is 9.95.